The highest BCUT2D eigenvalue weighted by Gasteiger charge is 2.07. The number of carbonyl (C=O) groups is 1. The Balaban J connectivity index is 0.00000200. The number of benzene rings is 1. The summed E-state index contributed by atoms with van der Waals surface area (Å²) < 4.78 is 0. The van der Waals surface area contributed by atoms with Crippen molar-refractivity contribution < 1.29 is 4.79 Å². The molecule has 0 radical (unpaired) electrons. The Labute approximate surface area is 136 Å². The minimum atomic E-state index is -0.184. The molecule has 7 heteroatoms. The van der Waals surface area contributed by atoms with Crippen LogP contribution >= 0.6 is 24.8 Å². The molecule has 116 valence electrons. The van der Waals surface area contributed by atoms with Crippen LogP contribution in [0, 0.1) is 0 Å². The number of amides is 1. The molecular formula is C14H20Cl2N4O. The van der Waals surface area contributed by atoms with Crippen LogP contribution in [0.2, 0.25) is 0 Å². The summed E-state index contributed by atoms with van der Waals surface area (Å²) in [5, 5.41) is 6.04. The maximum atomic E-state index is 11.9. The van der Waals surface area contributed by atoms with E-state index in [0.717, 1.165) is 30.5 Å². The first-order chi connectivity index (χ1) is 9.31. The predicted molar refractivity (Wildman–Crippen MR) is 89.5 cm³/mol. The fourth-order valence-corrected chi connectivity index (χ4v) is 1.72. The highest BCUT2D eigenvalue weighted by Crippen LogP contribution is 2.08. The fraction of sp³-hybridized carbons (Fsp3) is 0.357. The van der Waals surface area contributed by atoms with Crippen LogP contribution in [0.3, 0.4) is 0 Å². The standard InChI is InChI=1S/C14H18N4O.2ClH/c1-2-7-15-8-9-16-14(19)13-10-17-11-5-3-4-6-12(11)18-13;;/h3-6,10,15H,2,7-9H2,1H3,(H,16,19);2*1H. The van der Waals surface area contributed by atoms with Gasteiger partial charge in [0, 0.05) is 13.1 Å². The van der Waals surface area contributed by atoms with Crippen LogP contribution in [0.25, 0.3) is 11.0 Å². The Morgan fingerprint density at radius 2 is 1.81 bits per heavy atom. The third-order valence-electron chi connectivity index (χ3n) is 2.70. The van der Waals surface area contributed by atoms with Gasteiger partial charge in [-0.25, -0.2) is 4.98 Å². The molecule has 1 aromatic carbocycles. The van der Waals surface area contributed by atoms with Crippen molar-refractivity contribution in [1.29, 1.82) is 0 Å². The summed E-state index contributed by atoms with van der Waals surface area (Å²) >= 11 is 0. The summed E-state index contributed by atoms with van der Waals surface area (Å²) in [7, 11) is 0. The van der Waals surface area contributed by atoms with E-state index in [1.807, 2.05) is 24.3 Å². The van der Waals surface area contributed by atoms with Crippen molar-refractivity contribution in [3.05, 3.63) is 36.2 Å². The highest BCUT2D eigenvalue weighted by atomic mass is 35.5. The molecule has 0 aliphatic rings. The van der Waals surface area contributed by atoms with Crippen LogP contribution in [-0.4, -0.2) is 35.5 Å². The van der Waals surface area contributed by atoms with Crippen molar-refractivity contribution in [2.75, 3.05) is 19.6 Å². The van der Waals surface area contributed by atoms with E-state index in [9.17, 15) is 4.79 Å². The van der Waals surface area contributed by atoms with Gasteiger partial charge in [-0.05, 0) is 25.1 Å². The molecular weight excluding hydrogens is 311 g/mol. The molecule has 0 saturated carbocycles. The topological polar surface area (TPSA) is 66.9 Å². The Hall–Kier alpha value is -1.43. The molecule has 0 bridgehead atoms. The Morgan fingerprint density at radius 1 is 1.10 bits per heavy atom. The summed E-state index contributed by atoms with van der Waals surface area (Å²) in [4.78, 5) is 20.4. The first-order valence-corrected chi connectivity index (χ1v) is 6.52. The van der Waals surface area contributed by atoms with Gasteiger partial charge in [-0.3, -0.25) is 9.78 Å². The number of fused-ring (bicyclic) bond motifs is 1. The van der Waals surface area contributed by atoms with Crippen molar-refractivity contribution in [2.24, 2.45) is 0 Å². The zero-order chi connectivity index (χ0) is 13.5. The van der Waals surface area contributed by atoms with Gasteiger partial charge in [-0.15, -0.1) is 24.8 Å². The van der Waals surface area contributed by atoms with Crippen LogP contribution in [0.5, 0.6) is 0 Å². The normalized spacial score (nSPS) is 9.57. The molecule has 0 unspecified atom stereocenters. The van der Waals surface area contributed by atoms with Crippen molar-refractivity contribution in [2.45, 2.75) is 13.3 Å². The van der Waals surface area contributed by atoms with E-state index in [-0.39, 0.29) is 30.7 Å². The predicted octanol–water partition coefficient (Wildman–Crippen LogP) is 2.20. The molecule has 0 atom stereocenters. The third kappa shape index (κ3) is 5.83. The van der Waals surface area contributed by atoms with E-state index in [1.54, 1.807) is 0 Å². The summed E-state index contributed by atoms with van der Waals surface area (Å²) in [6.07, 6.45) is 2.60. The van der Waals surface area contributed by atoms with E-state index in [4.69, 9.17) is 0 Å². The molecule has 0 spiro atoms. The lowest BCUT2D eigenvalue weighted by Crippen LogP contribution is -2.32. The van der Waals surface area contributed by atoms with Gasteiger partial charge >= 0.3 is 0 Å². The molecule has 1 heterocycles. The van der Waals surface area contributed by atoms with E-state index in [1.165, 1.54) is 6.20 Å². The summed E-state index contributed by atoms with van der Waals surface area (Å²) in [5.74, 6) is -0.184. The highest BCUT2D eigenvalue weighted by molar-refractivity contribution is 5.93. The van der Waals surface area contributed by atoms with Crippen LogP contribution < -0.4 is 10.6 Å². The zero-order valence-corrected chi connectivity index (χ0v) is 13.5. The smallest absolute Gasteiger partial charge is 0.271 e. The molecule has 21 heavy (non-hydrogen) atoms. The summed E-state index contributed by atoms with van der Waals surface area (Å²) in [5.41, 5.74) is 1.89. The molecule has 2 aromatic rings. The monoisotopic (exact) mass is 330 g/mol. The van der Waals surface area contributed by atoms with Crippen LogP contribution in [-0.2, 0) is 0 Å². The number of para-hydroxylation sites is 2. The SMILES string of the molecule is CCCNCCNC(=O)c1cnc2ccccc2n1.Cl.Cl. The number of nitrogens with zero attached hydrogens (tertiary/aromatic N) is 2. The first kappa shape index (κ1) is 19.6. The second-order valence-corrected chi connectivity index (χ2v) is 4.25. The van der Waals surface area contributed by atoms with Crippen LogP contribution in [0.1, 0.15) is 23.8 Å². The van der Waals surface area contributed by atoms with Gasteiger partial charge in [0.1, 0.15) is 5.69 Å². The molecule has 2 N–H and O–H groups in total. The van der Waals surface area contributed by atoms with Crippen LogP contribution in [0.15, 0.2) is 30.5 Å². The van der Waals surface area contributed by atoms with Gasteiger partial charge in [-0.1, -0.05) is 19.1 Å². The quantitative estimate of drug-likeness (QED) is 0.797. The van der Waals surface area contributed by atoms with Gasteiger partial charge < -0.3 is 10.6 Å². The van der Waals surface area contributed by atoms with Gasteiger partial charge in [0.2, 0.25) is 0 Å². The molecule has 5 nitrogen and oxygen atoms in total. The number of nitrogens with one attached hydrogen (secondary N) is 2. The van der Waals surface area contributed by atoms with E-state index < -0.39 is 0 Å². The molecule has 1 aromatic heterocycles. The summed E-state index contributed by atoms with van der Waals surface area (Å²) in [6, 6.07) is 7.50. The molecule has 0 aliphatic heterocycles. The molecule has 0 fully saturated rings. The van der Waals surface area contributed by atoms with Gasteiger partial charge in [-0.2, -0.15) is 0 Å². The largest absolute Gasteiger partial charge is 0.349 e. The van der Waals surface area contributed by atoms with E-state index in [2.05, 4.69) is 27.5 Å². The maximum absolute atomic E-state index is 11.9. The third-order valence-corrected chi connectivity index (χ3v) is 2.70. The Morgan fingerprint density at radius 3 is 2.52 bits per heavy atom. The van der Waals surface area contributed by atoms with Crippen LogP contribution in [0.4, 0.5) is 0 Å². The lowest BCUT2D eigenvalue weighted by atomic mass is 10.3. The lowest BCUT2D eigenvalue weighted by Gasteiger charge is -2.06. The number of rotatable bonds is 6. The Bertz CT molecular complexity index is 565. The molecule has 0 aliphatic carbocycles. The lowest BCUT2D eigenvalue weighted by molar-refractivity contribution is 0.0949. The minimum absolute atomic E-state index is 0. The number of aromatic nitrogens is 2. The van der Waals surface area contributed by atoms with Gasteiger partial charge in [0.25, 0.3) is 5.91 Å². The number of halogens is 2. The number of hydrogen-bond donors (Lipinski definition) is 2. The fourth-order valence-electron chi connectivity index (χ4n) is 1.72. The van der Waals surface area contributed by atoms with Crippen molar-refractivity contribution in [1.82, 2.24) is 20.6 Å². The van der Waals surface area contributed by atoms with E-state index in [0.29, 0.717) is 12.2 Å². The molecule has 0 saturated heterocycles. The maximum Gasteiger partial charge on any atom is 0.271 e. The van der Waals surface area contributed by atoms with Gasteiger partial charge in [0.15, 0.2) is 0 Å². The minimum Gasteiger partial charge on any atom is -0.349 e. The number of carbonyl (C=O) groups excluding carboxylic acids is 1. The number of hydrogen-bond acceptors (Lipinski definition) is 4. The van der Waals surface area contributed by atoms with Crippen molar-refractivity contribution in [3.8, 4) is 0 Å². The second-order valence-electron chi connectivity index (χ2n) is 4.25. The first-order valence-electron chi connectivity index (χ1n) is 6.52. The second kappa shape index (κ2) is 10.3. The average Bonchev–Trinajstić information content (AvgIpc) is 2.46. The van der Waals surface area contributed by atoms with Gasteiger partial charge in [0.05, 0.1) is 17.2 Å². The zero-order valence-electron chi connectivity index (χ0n) is 11.8. The van der Waals surface area contributed by atoms with E-state index >= 15 is 0 Å². The average molecular weight is 331 g/mol. The van der Waals surface area contributed by atoms with Crippen molar-refractivity contribution >= 4 is 41.8 Å². The molecule has 1 amide bonds. The summed E-state index contributed by atoms with van der Waals surface area (Å²) in [6.45, 7) is 4.43. The van der Waals surface area contributed by atoms with Crippen molar-refractivity contribution in [3.63, 3.8) is 0 Å². The Kier molecular flexibility index (Phi) is 9.62. The molecule has 2 rings (SSSR count).